The second-order valence-electron chi connectivity index (χ2n) is 3.68. The van der Waals surface area contributed by atoms with Crippen LogP contribution in [0.2, 0.25) is 0 Å². The van der Waals surface area contributed by atoms with E-state index >= 15 is 0 Å². The van der Waals surface area contributed by atoms with Crippen LogP contribution in [0.1, 0.15) is 24.8 Å². The first-order valence-corrected chi connectivity index (χ1v) is 4.66. The third kappa shape index (κ3) is 2.22. The van der Waals surface area contributed by atoms with Gasteiger partial charge in [0.05, 0.1) is 12.7 Å². The molecule has 1 aromatic carbocycles. The second-order valence-corrected chi connectivity index (χ2v) is 3.68. The van der Waals surface area contributed by atoms with Crippen molar-refractivity contribution >= 4 is 0 Å². The minimum atomic E-state index is 0.332. The number of rotatable bonds is 3. The molecule has 1 fully saturated rings. The largest absolute Gasteiger partial charge is 0.508 e. The van der Waals surface area contributed by atoms with Gasteiger partial charge in [0.1, 0.15) is 5.75 Å². The first kappa shape index (κ1) is 8.57. The third-order valence-corrected chi connectivity index (χ3v) is 2.48. The summed E-state index contributed by atoms with van der Waals surface area (Å²) in [5, 5.41) is 9.11. The summed E-state index contributed by atoms with van der Waals surface area (Å²) in [7, 11) is 0. The summed E-state index contributed by atoms with van der Waals surface area (Å²) in [6.45, 7) is 3.11. The van der Waals surface area contributed by atoms with Crippen molar-refractivity contribution in [2.24, 2.45) is 0 Å². The van der Waals surface area contributed by atoms with Gasteiger partial charge in [0, 0.05) is 0 Å². The molecule has 2 heteroatoms. The Morgan fingerprint density at radius 3 is 2.62 bits per heavy atom. The van der Waals surface area contributed by atoms with Gasteiger partial charge in [0.15, 0.2) is 0 Å². The van der Waals surface area contributed by atoms with Crippen LogP contribution in [-0.2, 0) is 4.74 Å². The minimum absolute atomic E-state index is 0.332. The molecule has 1 aliphatic heterocycles. The zero-order valence-corrected chi connectivity index (χ0v) is 7.73. The Morgan fingerprint density at radius 2 is 2.08 bits per heavy atom. The highest BCUT2D eigenvalue weighted by molar-refractivity contribution is 5.28. The van der Waals surface area contributed by atoms with Gasteiger partial charge in [-0.3, -0.25) is 0 Å². The molecule has 1 N–H and O–H groups in total. The Kier molecular flexibility index (Phi) is 2.23. The monoisotopic (exact) mass is 178 g/mol. The van der Waals surface area contributed by atoms with Gasteiger partial charge in [0.2, 0.25) is 0 Å². The van der Waals surface area contributed by atoms with Crippen LogP contribution >= 0.6 is 0 Å². The van der Waals surface area contributed by atoms with Crippen molar-refractivity contribution in [1.82, 2.24) is 0 Å². The minimum Gasteiger partial charge on any atom is -0.508 e. The molecular formula is C11H14O2. The molecule has 0 radical (unpaired) electrons. The summed E-state index contributed by atoms with van der Waals surface area (Å²) in [4.78, 5) is 0. The van der Waals surface area contributed by atoms with Crippen molar-refractivity contribution in [2.45, 2.75) is 25.4 Å². The van der Waals surface area contributed by atoms with E-state index in [1.165, 1.54) is 5.56 Å². The molecule has 1 aliphatic rings. The van der Waals surface area contributed by atoms with E-state index in [-0.39, 0.29) is 0 Å². The smallest absolute Gasteiger partial charge is 0.115 e. The maximum Gasteiger partial charge on any atom is 0.115 e. The highest BCUT2D eigenvalue weighted by atomic mass is 16.6. The lowest BCUT2D eigenvalue weighted by molar-refractivity contribution is 0.384. The lowest BCUT2D eigenvalue weighted by atomic mass is 9.96. The Hall–Kier alpha value is -1.02. The van der Waals surface area contributed by atoms with Gasteiger partial charge in [-0.15, -0.1) is 0 Å². The maximum atomic E-state index is 9.11. The normalized spacial score (nSPS) is 22.7. The van der Waals surface area contributed by atoms with Crippen LogP contribution in [0.15, 0.2) is 24.3 Å². The number of hydrogen-bond acceptors (Lipinski definition) is 2. The zero-order valence-electron chi connectivity index (χ0n) is 7.73. The quantitative estimate of drug-likeness (QED) is 0.720. The Balaban J connectivity index is 2.01. The maximum absolute atomic E-state index is 9.11. The Morgan fingerprint density at radius 1 is 1.46 bits per heavy atom. The van der Waals surface area contributed by atoms with E-state index in [9.17, 15) is 0 Å². The fraction of sp³-hybridized carbons (Fsp3) is 0.455. The van der Waals surface area contributed by atoms with Crippen molar-refractivity contribution in [1.29, 1.82) is 0 Å². The Labute approximate surface area is 78.2 Å². The molecule has 1 saturated heterocycles. The van der Waals surface area contributed by atoms with Crippen LogP contribution in [-0.4, -0.2) is 17.8 Å². The summed E-state index contributed by atoms with van der Waals surface area (Å²) in [5.41, 5.74) is 1.27. The number of benzene rings is 1. The van der Waals surface area contributed by atoms with Gasteiger partial charge in [-0.25, -0.2) is 0 Å². The topological polar surface area (TPSA) is 32.8 Å². The lowest BCUT2D eigenvalue weighted by Crippen LogP contribution is -1.97. The molecule has 1 heterocycles. The van der Waals surface area contributed by atoms with Crippen molar-refractivity contribution in [2.75, 3.05) is 6.61 Å². The van der Waals surface area contributed by atoms with E-state index in [1.54, 1.807) is 12.1 Å². The van der Waals surface area contributed by atoms with Gasteiger partial charge in [-0.2, -0.15) is 0 Å². The van der Waals surface area contributed by atoms with E-state index < -0.39 is 0 Å². The van der Waals surface area contributed by atoms with E-state index in [1.807, 2.05) is 12.1 Å². The predicted octanol–water partition coefficient (Wildman–Crippen LogP) is 2.28. The highest BCUT2D eigenvalue weighted by Gasteiger charge is 2.25. The van der Waals surface area contributed by atoms with Crippen LogP contribution in [0.4, 0.5) is 0 Å². The molecule has 2 unspecified atom stereocenters. The fourth-order valence-corrected chi connectivity index (χ4v) is 1.54. The summed E-state index contributed by atoms with van der Waals surface area (Å²) in [6, 6.07) is 7.42. The zero-order chi connectivity index (χ0) is 9.26. The number of ether oxygens (including phenoxy) is 1. The third-order valence-electron chi connectivity index (χ3n) is 2.48. The van der Waals surface area contributed by atoms with Crippen LogP contribution in [0.5, 0.6) is 5.75 Å². The lowest BCUT2D eigenvalue weighted by Gasteiger charge is -2.09. The van der Waals surface area contributed by atoms with Crippen LogP contribution in [0.25, 0.3) is 0 Å². The first-order valence-electron chi connectivity index (χ1n) is 4.66. The average Bonchev–Trinajstić information content (AvgIpc) is 2.89. The van der Waals surface area contributed by atoms with Gasteiger partial charge < -0.3 is 9.84 Å². The molecule has 0 saturated carbocycles. The first-order chi connectivity index (χ1) is 6.25. The average molecular weight is 178 g/mol. The predicted molar refractivity (Wildman–Crippen MR) is 50.9 cm³/mol. The Bertz CT molecular complexity index is 275. The van der Waals surface area contributed by atoms with Gasteiger partial charge >= 0.3 is 0 Å². The van der Waals surface area contributed by atoms with Crippen molar-refractivity contribution in [3.63, 3.8) is 0 Å². The molecule has 0 aliphatic carbocycles. The van der Waals surface area contributed by atoms with Crippen LogP contribution in [0.3, 0.4) is 0 Å². The number of epoxide rings is 1. The molecular weight excluding hydrogens is 164 g/mol. The van der Waals surface area contributed by atoms with Gasteiger partial charge in [-0.05, 0) is 30.0 Å². The van der Waals surface area contributed by atoms with Crippen LogP contribution in [0, 0.1) is 0 Å². The van der Waals surface area contributed by atoms with Gasteiger partial charge in [-0.1, -0.05) is 19.1 Å². The number of phenolic OH excluding ortho intramolecular Hbond substituents is 1. The molecule has 0 aromatic heterocycles. The molecule has 13 heavy (non-hydrogen) atoms. The van der Waals surface area contributed by atoms with Gasteiger partial charge in [0.25, 0.3) is 0 Å². The summed E-state index contributed by atoms with van der Waals surface area (Å²) >= 11 is 0. The SMILES string of the molecule is CC(CC1CO1)c1ccc(O)cc1. The molecule has 0 bridgehead atoms. The molecule has 2 nitrogen and oxygen atoms in total. The molecule has 2 rings (SSSR count). The number of hydrogen-bond donors (Lipinski definition) is 1. The summed E-state index contributed by atoms with van der Waals surface area (Å²) in [6.07, 6.45) is 1.56. The number of aromatic hydroxyl groups is 1. The summed E-state index contributed by atoms with van der Waals surface area (Å²) in [5.74, 6) is 0.853. The standard InChI is InChI=1S/C11H14O2/c1-8(6-11-7-13-11)9-2-4-10(12)5-3-9/h2-5,8,11-12H,6-7H2,1H3. The molecule has 2 atom stereocenters. The van der Waals surface area contributed by atoms with Crippen molar-refractivity contribution < 1.29 is 9.84 Å². The number of phenols is 1. The van der Waals surface area contributed by atoms with E-state index in [2.05, 4.69) is 6.92 Å². The van der Waals surface area contributed by atoms with Crippen molar-refractivity contribution in [3.8, 4) is 5.75 Å². The highest BCUT2D eigenvalue weighted by Crippen LogP contribution is 2.27. The molecule has 70 valence electrons. The van der Waals surface area contributed by atoms with E-state index in [0.29, 0.717) is 17.8 Å². The second kappa shape index (κ2) is 3.38. The summed E-state index contributed by atoms with van der Waals surface area (Å²) < 4.78 is 5.17. The van der Waals surface area contributed by atoms with E-state index in [0.717, 1.165) is 13.0 Å². The molecule has 0 amide bonds. The van der Waals surface area contributed by atoms with Crippen molar-refractivity contribution in [3.05, 3.63) is 29.8 Å². The fourth-order valence-electron chi connectivity index (χ4n) is 1.54. The molecule has 1 aromatic rings. The van der Waals surface area contributed by atoms with E-state index in [4.69, 9.17) is 9.84 Å². The van der Waals surface area contributed by atoms with Crippen LogP contribution < -0.4 is 0 Å². The molecule has 0 spiro atoms.